The van der Waals surface area contributed by atoms with E-state index in [2.05, 4.69) is 0 Å². The fourth-order valence-electron chi connectivity index (χ4n) is 6.34. The zero-order valence-electron chi connectivity index (χ0n) is 32.5. The number of phenolic OH excluding ortho intramolecular Hbond substituents is 2. The lowest BCUT2D eigenvalue weighted by Gasteiger charge is -2.41. The molecule has 0 aliphatic carbocycles. The van der Waals surface area contributed by atoms with E-state index in [0.717, 1.165) is 0 Å². The lowest BCUT2D eigenvalue weighted by Crippen LogP contribution is -2.27. The summed E-state index contributed by atoms with van der Waals surface area (Å²) in [5, 5.41) is 22.9. The predicted molar refractivity (Wildman–Crippen MR) is 198 cm³/mol. The molecular weight excluding hydrogens is 646 g/mol. The van der Waals surface area contributed by atoms with Crippen LogP contribution in [-0.4, -0.2) is 36.6 Å². The molecule has 2 unspecified atom stereocenters. The van der Waals surface area contributed by atoms with E-state index in [4.69, 9.17) is 18.1 Å². The normalized spacial score (nSPS) is 15.1. The first-order chi connectivity index (χ1) is 21.7. The molecule has 2 N–H and O–H groups in total. The molecule has 274 valence electrons. The molecule has 10 heteroatoms. The van der Waals surface area contributed by atoms with Gasteiger partial charge in [-0.1, -0.05) is 95.2 Å². The van der Waals surface area contributed by atoms with Crippen LogP contribution >= 0.6 is 15.2 Å². The van der Waals surface area contributed by atoms with Crippen molar-refractivity contribution in [1.29, 1.82) is 0 Å². The number of benzene rings is 2. The van der Waals surface area contributed by atoms with Gasteiger partial charge in [0.25, 0.3) is 0 Å². The van der Waals surface area contributed by atoms with Gasteiger partial charge in [-0.15, -0.1) is 0 Å². The van der Waals surface area contributed by atoms with Crippen LogP contribution in [0.1, 0.15) is 155 Å². The van der Waals surface area contributed by atoms with E-state index in [1.54, 1.807) is 39.8 Å². The average Bonchev–Trinajstić information content (AvgIpc) is 2.90. The number of phenols is 2. The Labute approximate surface area is 291 Å². The monoisotopic (exact) mass is 710 g/mol. The van der Waals surface area contributed by atoms with Crippen LogP contribution in [0.3, 0.4) is 0 Å². The molecule has 0 aromatic heterocycles. The van der Waals surface area contributed by atoms with Gasteiger partial charge in [0.1, 0.15) is 22.8 Å². The summed E-state index contributed by atoms with van der Waals surface area (Å²) < 4.78 is 56.1. The standard InChI is InChI=1S/C38H64O8P2/c1-17-43-47(41,44-18-2)33(25-21-29(37(11,12)13)31(39)23-27(25)35(5,6)7)34(48(42,45-19-3)46-20-4)26-22-30(38(14,15)16)32(40)24-28(26)36(8,9)10/h21-24,33-34,39-40H,17-20H2,1-16H3. The summed E-state index contributed by atoms with van der Waals surface area (Å²) in [6.45, 7) is 31.4. The minimum absolute atomic E-state index is 0.0675. The van der Waals surface area contributed by atoms with Crippen LogP contribution in [0.2, 0.25) is 0 Å². The Morgan fingerprint density at radius 1 is 0.479 bits per heavy atom. The highest BCUT2D eigenvalue weighted by molar-refractivity contribution is 7.58. The fraction of sp³-hybridized carbons (Fsp3) is 0.684. The summed E-state index contributed by atoms with van der Waals surface area (Å²) in [5.41, 5.74) is -0.708. The number of hydrogen-bond acceptors (Lipinski definition) is 8. The van der Waals surface area contributed by atoms with Gasteiger partial charge >= 0.3 is 15.2 Å². The average molecular weight is 711 g/mol. The Morgan fingerprint density at radius 2 is 0.708 bits per heavy atom. The Kier molecular flexibility index (Phi) is 13.5. The van der Waals surface area contributed by atoms with Crippen LogP contribution < -0.4 is 0 Å². The van der Waals surface area contributed by atoms with Crippen molar-refractivity contribution in [3.63, 3.8) is 0 Å². The van der Waals surface area contributed by atoms with Crippen LogP contribution in [0, 0.1) is 0 Å². The highest BCUT2D eigenvalue weighted by atomic mass is 31.2. The van der Waals surface area contributed by atoms with Crippen LogP contribution in [0.4, 0.5) is 0 Å². The molecule has 0 heterocycles. The first-order valence-corrected chi connectivity index (χ1v) is 20.5. The molecule has 2 aromatic carbocycles. The van der Waals surface area contributed by atoms with Gasteiger partial charge in [-0.2, -0.15) is 0 Å². The van der Waals surface area contributed by atoms with Crippen molar-refractivity contribution in [3.05, 3.63) is 57.6 Å². The van der Waals surface area contributed by atoms with Gasteiger partial charge in [0, 0.05) is 0 Å². The first-order valence-electron chi connectivity index (χ1n) is 17.3. The topological polar surface area (TPSA) is 112 Å². The second-order valence-electron chi connectivity index (χ2n) is 16.6. The Hall–Kier alpha value is -1.66. The predicted octanol–water partition coefficient (Wildman–Crippen LogP) is 11.6. The molecule has 0 spiro atoms. The van der Waals surface area contributed by atoms with Crippen LogP contribution in [0.5, 0.6) is 11.5 Å². The van der Waals surface area contributed by atoms with Crippen molar-refractivity contribution >= 4 is 15.2 Å². The fourth-order valence-corrected chi connectivity index (χ4v) is 11.7. The first kappa shape index (κ1) is 42.5. The van der Waals surface area contributed by atoms with E-state index in [9.17, 15) is 10.2 Å². The number of rotatable bonds is 13. The lowest BCUT2D eigenvalue weighted by molar-refractivity contribution is 0.194. The van der Waals surface area contributed by atoms with E-state index in [1.165, 1.54) is 0 Å². The molecule has 2 atom stereocenters. The minimum Gasteiger partial charge on any atom is -0.508 e. The van der Waals surface area contributed by atoms with Crippen molar-refractivity contribution in [2.45, 2.75) is 144 Å². The SMILES string of the molecule is CCOP(=O)(OCC)C(c1cc(C(C)(C)C)c(O)cc1C(C)(C)C)C(c1cc(C(C)(C)C)c(O)cc1C(C)(C)C)P(=O)(OCC)OCC. The second kappa shape index (κ2) is 15.3. The van der Waals surface area contributed by atoms with Gasteiger partial charge in [0.15, 0.2) is 0 Å². The Bertz CT molecular complexity index is 1370. The summed E-state index contributed by atoms with van der Waals surface area (Å²) in [6.07, 6.45) is 0. The molecule has 0 fully saturated rings. The third-order valence-corrected chi connectivity index (χ3v) is 13.6. The van der Waals surface area contributed by atoms with Crippen molar-refractivity contribution in [3.8, 4) is 11.5 Å². The van der Waals surface area contributed by atoms with E-state index < -0.39 is 48.2 Å². The lowest BCUT2D eigenvalue weighted by atomic mass is 9.75. The van der Waals surface area contributed by atoms with Gasteiger partial charge in [0.2, 0.25) is 0 Å². The summed E-state index contributed by atoms with van der Waals surface area (Å²) in [6, 6.07) is 7.22. The zero-order valence-corrected chi connectivity index (χ0v) is 34.3. The Balaban J connectivity index is 3.55. The highest BCUT2D eigenvalue weighted by Crippen LogP contribution is 2.77. The third kappa shape index (κ3) is 9.36. The summed E-state index contributed by atoms with van der Waals surface area (Å²) in [7, 11) is -8.43. The van der Waals surface area contributed by atoms with E-state index in [0.29, 0.717) is 33.4 Å². The van der Waals surface area contributed by atoms with E-state index in [1.807, 2.05) is 95.2 Å². The van der Waals surface area contributed by atoms with E-state index in [-0.39, 0.29) is 37.9 Å². The number of hydrogen-bond donors (Lipinski definition) is 2. The molecule has 0 saturated carbocycles. The van der Waals surface area contributed by atoms with Crippen molar-refractivity contribution < 1.29 is 37.4 Å². The molecule has 0 aliphatic rings. The molecule has 2 rings (SSSR count). The van der Waals surface area contributed by atoms with Gasteiger partial charge in [-0.25, -0.2) is 0 Å². The molecule has 48 heavy (non-hydrogen) atoms. The smallest absolute Gasteiger partial charge is 0.339 e. The van der Waals surface area contributed by atoms with Crippen molar-refractivity contribution in [1.82, 2.24) is 0 Å². The molecule has 0 saturated heterocycles. The summed E-state index contributed by atoms with van der Waals surface area (Å²) in [4.78, 5) is 0. The maximum atomic E-state index is 15.6. The van der Waals surface area contributed by atoms with Gasteiger partial charge in [-0.3, -0.25) is 9.13 Å². The molecule has 8 nitrogen and oxygen atoms in total. The highest BCUT2D eigenvalue weighted by Gasteiger charge is 2.55. The van der Waals surface area contributed by atoms with Crippen LogP contribution in [0.25, 0.3) is 0 Å². The van der Waals surface area contributed by atoms with Crippen LogP contribution in [0.15, 0.2) is 24.3 Å². The zero-order chi connectivity index (χ0) is 37.3. The maximum absolute atomic E-state index is 15.6. The molecule has 0 radical (unpaired) electrons. The quantitative estimate of drug-likeness (QED) is 0.198. The molecular formula is C38H64O8P2. The number of aromatic hydroxyl groups is 2. The molecule has 0 bridgehead atoms. The summed E-state index contributed by atoms with van der Waals surface area (Å²) >= 11 is 0. The minimum atomic E-state index is -4.22. The third-order valence-electron chi connectivity index (χ3n) is 8.42. The van der Waals surface area contributed by atoms with Gasteiger partial charge in [-0.05, 0) is 94.9 Å². The molecule has 0 aliphatic heterocycles. The van der Waals surface area contributed by atoms with Gasteiger partial charge in [0.05, 0.1) is 26.4 Å². The largest absolute Gasteiger partial charge is 0.508 e. The molecule has 0 amide bonds. The van der Waals surface area contributed by atoms with E-state index >= 15 is 9.13 Å². The van der Waals surface area contributed by atoms with Crippen LogP contribution in [-0.2, 0) is 48.9 Å². The molecule has 2 aromatic rings. The second-order valence-corrected chi connectivity index (χ2v) is 20.9. The van der Waals surface area contributed by atoms with Crippen molar-refractivity contribution in [2.24, 2.45) is 0 Å². The maximum Gasteiger partial charge on any atom is 0.339 e. The Morgan fingerprint density at radius 3 is 0.896 bits per heavy atom. The van der Waals surface area contributed by atoms with Crippen molar-refractivity contribution in [2.75, 3.05) is 26.4 Å². The summed E-state index contributed by atoms with van der Waals surface area (Å²) in [5.74, 6) is 0.226. The van der Waals surface area contributed by atoms with Gasteiger partial charge < -0.3 is 28.3 Å².